The standard InChI is InChI=1S/C22H32N5O4P/c1-5-31-32(28,29,14-15(2)3)19-12-20(27-10-11-30-13-16(27)4)25-21-17(19)6-8-23-22(21)18-7-9-24-26-18/h6-9,12,15-16,28-29H,5,10-11,13-14H2,1-4H3,(H,24,26)/t16-/m1/s1. The number of pyridine rings is 2. The van der Waals surface area contributed by atoms with Crippen LogP contribution in [0.1, 0.15) is 27.7 Å². The van der Waals surface area contributed by atoms with Crippen LogP contribution in [0.2, 0.25) is 0 Å². The van der Waals surface area contributed by atoms with Crippen LogP contribution in [0.25, 0.3) is 22.3 Å². The van der Waals surface area contributed by atoms with Crippen LogP contribution >= 0.6 is 7.28 Å². The van der Waals surface area contributed by atoms with E-state index in [0.29, 0.717) is 53.2 Å². The summed E-state index contributed by atoms with van der Waals surface area (Å²) in [4.78, 5) is 35.4. The Morgan fingerprint density at radius 1 is 1.31 bits per heavy atom. The first kappa shape index (κ1) is 23.0. The summed E-state index contributed by atoms with van der Waals surface area (Å²) in [6.45, 7) is 9.76. The molecule has 10 heteroatoms. The fourth-order valence-electron chi connectivity index (χ4n) is 4.44. The van der Waals surface area contributed by atoms with E-state index in [9.17, 15) is 9.79 Å². The number of nitrogens with zero attached hydrogens (tertiary/aromatic N) is 4. The van der Waals surface area contributed by atoms with Crippen molar-refractivity contribution < 1.29 is 19.0 Å². The molecule has 0 aliphatic carbocycles. The first-order valence-corrected chi connectivity index (χ1v) is 13.3. The number of rotatable bonds is 7. The van der Waals surface area contributed by atoms with E-state index in [1.54, 1.807) is 31.5 Å². The van der Waals surface area contributed by atoms with Gasteiger partial charge >= 0.3 is 188 Å². The van der Waals surface area contributed by atoms with E-state index in [-0.39, 0.29) is 24.7 Å². The molecule has 0 spiro atoms. The Balaban J connectivity index is 2.03. The number of aromatic amines is 1. The van der Waals surface area contributed by atoms with Crippen molar-refractivity contribution in [3.05, 3.63) is 30.6 Å². The Labute approximate surface area is 188 Å². The molecule has 0 aromatic carbocycles. The summed E-state index contributed by atoms with van der Waals surface area (Å²) in [5.41, 5.74) is 1.88. The van der Waals surface area contributed by atoms with Crippen molar-refractivity contribution in [2.45, 2.75) is 33.7 Å². The van der Waals surface area contributed by atoms with Gasteiger partial charge in [0.15, 0.2) is 0 Å². The second kappa shape index (κ2) is 8.65. The van der Waals surface area contributed by atoms with E-state index in [2.05, 4.69) is 27.0 Å². The van der Waals surface area contributed by atoms with Gasteiger partial charge in [-0.1, -0.05) is 0 Å². The molecule has 0 amide bonds. The number of aromatic nitrogens is 4. The van der Waals surface area contributed by atoms with Crippen LogP contribution in [-0.4, -0.2) is 68.5 Å². The fourth-order valence-corrected chi connectivity index (χ4v) is 7.78. The van der Waals surface area contributed by atoms with Gasteiger partial charge in [0, 0.05) is 0 Å². The Morgan fingerprint density at radius 2 is 2.12 bits per heavy atom. The topological polar surface area (TPSA) is 117 Å². The monoisotopic (exact) mass is 461 g/mol. The average Bonchev–Trinajstić information content (AvgIpc) is 3.27. The van der Waals surface area contributed by atoms with Crippen molar-refractivity contribution >= 4 is 29.3 Å². The molecule has 9 nitrogen and oxygen atoms in total. The molecule has 0 unspecified atom stereocenters. The number of morpholine rings is 1. The molecule has 0 saturated carbocycles. The van der Waals surface area contributed by atoms with Gasteiger partial charge in [-0.3, -0.25) is 0 Å². The predicted molar refractivity (Wildman–Crippen MR) is 127 cm³/mol. The molecule has 4 rings (SSSR count). The molecular weight excluding hydrogens is 429 g/mol. The number of ether oxygens (including phenoxy) is 1. The van der Waals surface area contributed by atoms with Gasteiger partial charge in [0.25, 0.3) is 0 Å². The summed E-state index contributed by atoms with van der Waals surface area (Å²) in [6, 6.07) is 5.48. The van der Waals surface area contributed by atoms with E-state index >= 15 is 0 Å². The summed E-state index contributed by atoms with van der Waals surface area (Å²) in [5.74, 6) is 0.662. The maximum absolute atomic E-state index is 11.9. The normalized spacial score (nSPS) is 18.8. The molecule has 1 saturated heterocycles. The zero-order valence-electron chi connectivity index (χ0n) is 19.0. The zero-order valence-corrected chi connectivity index (χ0v) is 19.9. The molecule has 174 valence electrons. The number of hydrogen-bond acceptors (Lipinski definition) is 8. The van der Waals surface area contributed by atoms with Gasteiger partial charge in [0.1, 0.15) is 0 Å². The second-order valence-corrected chi connectivity index (χ2v) is 12.1. The van der Waals surface area contributed by atoms with Gasteiger partial charge < -0.3 is 0 Å². The molecular formula is C22H32N5O4P. The van der Waals surface area contributed by atoms with E-state index in [1.807, 2.05) is 19.9 Å². The summed E-state index contributed by atoms with van der Waals surface area (Å²) in [6.07, 6.45) is 3.43. The summed E-state index contributed by atoms with van der Waals surface area (Å²) >= 11 is 0. The van der Waals surface area contributed by atoms with E-state index in [0.717, 1.165) is 0 Å². The van der Waals surface area contributed by atoms with Crippen molar-refractivity contribution in [3.63, 3.8) is 0 Å². The van der Waals surface area contributed by atoms with Gasteiger partial charge in [-0.25, -0.2) is 0 Å². The Morgan fingerprint density at radius 3 is 2.78 bits per heavy atom. The van der Waals surface area contributed by atoms with Crippen LogP contribution in [0.3, 0.4) is 0 Å². The minimum atomic E-state index is -4.73. The van der Waals surface area contributed by atoms with Gasteiger partial charge in [0.2, 0.25) is 0 Å². The van der Waals surface area contributed by atoms with Crippen LogP contribution in [0.5, 0.6) is 0 Å². The molecule has 0 bridgehead atoms. The SMILES string of the molecule is CCOP(O)(O)(CC(C)C)c1cc(N2CCOC[C@H]2C)nc2c(-c3ccn[nH]3)nccc12. The van der Waals surface area contributed by atoms with Crippen molar-refractivity contribution in [1.82, 2.24) is 20.2 Å². The van der Waals surface area contributed by atoms with Crippen LogP contribution in [-0.2, 0) is 9.26 Å². The molecule has 3 aromatic heterocycles. The molecule has 4 heterocycles. The second-order valence-electron chi connectivity index (χ2n) is 8.75. The van der Waals surface area contributed by atoms with Gasteiger partial charge in [-0.2, -0.15) is 0 Å². The third-order valence-electron chi connectivity index (χ3n) is 5.69. The number of hydrogen-bond donors (Lipinski definition) is 3. The predicted octanol–water partition coefficient (Wildman–Crippen LogP) is 2.85. The van der Waals surface area contributed by atoms with Gasteiger partial charge in [0.05, 0.1) is 0 Å². The quantitative estimate of drug-likeness (QED) is 0.460. The minimum absolute atomic E-state index is 0.0112. The third-order valence-corrected chi connectivity index (χ3v) is 9.22. The summed E-state index contributed by atoms with van der Waals surface area (Å²) < 4.78 is 11.5. The summed E-state index contributed by atoms with van der Waals surface area (Å²) in [7, 11) is -4.73. The van der Waals surface area contributed by atoms with Crippen LogP contribution in [0.15, 0.2) is 30.6 Å². The number of H-pyrrole nitrogens is 1. The van der Waals surface area contributed by atoms with Crippen LogP contribution in [0, 0.1) is 5.92 Å². The third kappa shape index (κ3) is 4.23. The first-order valence-electron chi connectivity index (χ1n) is 11.0. The van der Waals surface area contributed by atoms with Crippen molar-refractivity contribution in [2.75, 3.05) is 37.4 Å². The number of nitrogens with one attached hydrogen (secondary N) is 1. The van der Waals surface area contributed by atoms with Crippen LogP contribution < -0.4 is 10.2 Å². The zero-order chi connectivity index (χ0) is 23.0. The fraction of sp³-hybridized carbons (Fsp3) is 0.500. The average molecular weight is 462 g/mol. The molecule has 3 aromatic rings. The van der Waals surface area contributed by atoms with Crippen molar-refractivity contribution in [1.29, 1.82) is 0 Å². The molecule has 1 fully saturated rings. The first-order chi connectivity index (χ1) is 15.2. The van der Waals surface area contributed by atoms with Crippen LogP contribution in [0.4, 0.5) is 5.82 Å². The van der Waals surface area contributed by atoms with E-state index in [4.69, 9.17) is 14.2 Å². The molecule has 32 heavy (non-hydrogen) atoms. The van der Waals surface area contributed by atoms with E-state index in [1.165, 1.54) is 0 Å². The summed E-state index contributed by atoms with van der Waals surface area (Å²) in [5, 5.41) is 7.99. The Kier molecular flexibility index (Phi) is 6.22. The molecule has 0 radical (unpaired) electrons. The molecule has 3 N–H and O–H groups in total. The Bertz CT molecular complexity index is 1090. The number of anilines is 1. The molecule has 1 atom stereocenters. The molecule has 1 aliphatic heterocycles. The Hall–Kier alpha value is -2.16. The van der Waals surface area contributed by atoms with Gasteiger partial charge in [-0.05, 0) is 0 Å². The maximum atomic E-state index is 11.9. The van der Waals surface area contributed by atoms with Gasteiger partial charge in [-0.15, -0.1) is 0 Å². The van der Waals surface area contributed by atoms with E-state index < -0.39 is 7.28 Å². The number of fused-ring (bicyclic) bond motifs is 1. The molecule has 1 aliphatic rings. The van der Waals surface area contributed by atoms with Crippen molar-refractivity contribution in [2.24, 2.45) is 5.92 Å². The van der Waals surface area contributed by atoms with Crippen molar-refractivity contribution in [3.8, 4) is 11.4 Å².